The Morgan fingerprint density at radius 3 is 3.06 bits per heavy atom. The molecule has 1 aromatic heterocycles. The predicted molar refractivity (Wildman–Crippen MR) is 52.5 cm³/mol. The van der Waals surface area contributed by atoms with Gasteiger partial charge in [-0.2, -0.15) is 4.98 Å². The maximum Gasteiger partial charge on any atom is 0.243 e. The second kappa shape index (κ2) is 4.10. The lowest BCUT2D eigenvalue weighted by atomic mass is 10.2. The van der Waals surface area contributed by atoms with E-state index < -0.39 is 6.17 Å². The summed E-state index contributed by atoms with van der Waals surface area (Å²) >= 11 is 0. The standard InChI is InChI=1S/C10H14FN3O2/c11-6-4-7(12-5-6)10-13-9(14-16-10)8-2-1-3-15-8/h6-8,12H,1-5H2/t6-,7+,8?/m0/s1. The van der Waals surface area contributed by atoms with Gasteiger partial charge in [-0.25, -0.2) is 4.39 Å². The van der Waals surface area contributed by atoms with Crippen LogP contribution in [0.25, 0.3) is 0 Å². The molecule has 0 saturated carbocycles. The SMILES string of the molecule is F[C@@H]1CN[C@@H](c2nc(C3CCCO3)no2)C1. The number of alkyl halides is 1. The molecule has 2 aliphatic heterocycles. The van der Waals surface area contributed by atoms with E-state index >= 15 is 0 Å². The predicted octanol–water partition coefficient (Wildman–Crippen LogP) is 1.29. The van der Waals surface area contributed by atoms with Crippen LogP contribution in [-0.4, -0.2) is 29.5 Å². The molecule has 88 valence electrons. The minimum Gasteiger partial charge on any atom is -0.370 e. The highest BCUT2D eigenvalue weighted by Gasteiger charge is 2.31. The third-order valence-corrected chi connectivity index (χ3v) is 3.05. The highest BCUT2D eigenvalue weighted by atomic mass is 19.1. The van der Waals surface area contributed by atoms with Crippen LogP contribution >= 0.6 is 0 Å². The molecular formula is C10H14FN3O2. The lowest BCUT2D eigenvalue weighted by Crippen LogP contribution is -2.14. The molecule has 6 heteroatoms. The Labute approximate surface area is 92.4 Å². The molecule has 5 nitrogen and oxygen atoms in total. The zero-order chi connectivity index (χ0) is 11.0. The van der Waals surface area contributed by atoms with Crippen LogP contribution in [0.3, 0.4) is 0 Å². The maximum atomic E-state index is 13.0. The first-order valence-electron chi connectivity index (χ1n) is 5.65. The van der Waals surface area contributed by atoms with Crippen LogP contribution in [0, 0.1) is 0 Å². The van der Waals surface area contributed by atoms with Gasteiger partial charge in [-0.3, -0.25) is 0 Å². The lowest BCUT2D eigenvalue weighted by molar-refractivity contribution is 0.103. The molecule has 0 bridgehead atoms. The third kappa shape index (κ3) is 1.82. The Bertz CT molecular complexity index is 365. The van der Waals surface area contributed by atoms with Crippen molar-refractivity contribution in [2.45, 2.75) is 37.6 Å². The summed E-state index contributed by atoms with van der Waals surface area (Å²) in [6, 6.07) is -0.141. The molecule has 1 N–H and O–H groups in total. The molecule has 3 heterocycles. The van der Waals surface area contributed by atoms with E-state index in [1.165, 1.54) is 0 Å². The molecule has 2 aliphatic rings. The normalized spacial score (nSPS) is 34.7. The highest BCUT2D eigenvalue weighted by molar-refractivity contribution is 5.00. The monoisotopic (exact) mass is 227 g/mol. The van der Waals surface area contributed by atoms with Gasteiger partial charge in [0.05, 0.1) is 6.04 Å². The fourth-order valence-electron chi connectivity index (χ4n) is 2.18. The van der Waals surface area contributed by atoms with Crippen molar-refractivity contribution >= 4 is 0 Å². The van der Waals surface area contributed by atoms with E-state index in [9.17, 15) is 4.39 Å². The topological polar surface area (TPSA) is 60.2 Å². The van der Waals surface area contributed by atoms with Crippen LogP contribution < -0.4 is 5.32 Å². The van der Waals surface area contributed by atoms with Gasteiger partial charge in [-0.05, 0) is 12.8 Å². The number of nitrogens with zero attached hydrogens (tertiary/aromatic N) is 2. The van der Waals surface area contributed by atoms with Gasteiger partial charge in [0, 0.05) is 19.6 Å². The largest absolute Gasteiger partial charge is 0.370 e. The van der Waals surface area contributed by atoms with Crippen LogP contribution in [-0.2, 0) is 4.74 Å². The van der Waals surface area contributed by atoms with Crippen molar-refractivity contribution in [3.63, 3.8) is 0 Å². The molecular weight excluding hydrogens is 213 g/mol. The summed E-state index contributed by atoms with van der Waals surface area (Å²) in [5.74, 6) is 1.07. The van der Waals surface area contributed by atoms with Crippen molar-refractivity contribution in [2.75, 3.05) is 13.2 Å². The Hall–Kier alpha value is -1.01. The first kappa shape index (κ1) is 10.2. The first-order valence-corrected chi connectivity index (χ1v) is 5.65. The van der Waals surface area contributed by atoms with Gasteiger partial charge in [0.25, 0.3) is 0 Å². The minimum atomic E-state index is -0.817. The molecule has 1 unspecified atom stereocenters. The number of nitrogens with one attached hydrogen (secondary N) is 1. The number of halogens is 1. The molecule has 0 amide bonds. The minimum absolute atomic E-state index is 0.0416. The summed E-state index contributed by atoms with van der Waals surface area (Å²) in [6.07, 6.45) is 1.52. The Balaban J connectivity index is 1.72. The zero-order valence-corrected chi connectivity index (χ0v) is 8.86. The molecule has 1 aromatic rings. The summed E-state index contributed by atoms with van der Waals surface area (Å²) in [6.45, 7) is 1.12. The molecule has 3 rings (SSSR count). The van der Waals surface area contributed by atoms with Crippen molar-refractivity contribution in [3.8, 4) is 0 Å². The van der Waals surface area contributed by atoms with E-state index in [0.29, 0.717) is 24.7 Å². The van der Waals surface area contributed by atoms with Crippen molar-refractivity contribution in [2.24, 2.45) is 0 Å². The van der Waals surface area contributed by atoms with Gasteiger partial charge in [0.2, 0.25) is 11.7 Å². The maximum absolute atomic E-state index is 13.0. The lowest BCUT2D eigenvalue weighted by Gasteiger charge is -2.03. The molecule has 0 aromatic carbocycles. The summed E-state index contributed by atoms with van der Waals surface area (Å²) in [7, 11) is 0. The van der Waals surface area contributed by atoms with Gasteiger partial charge >= 0.3 is 0 Å². The van der Waals surface area contributed by atoms with Crippen molar-refractivity contribution in [1.82, 2.24) is 15.5 Å². The van der Waals surface area contributed by atoms with Crippen LogP contribution in [0.5, 0.6) is 0 Å². The summed E-state index contributed by atoms with van der Waals surface area (Å²) in [4.78, 5) is 4.28. The molecule has 0 spiro atoms. The van der Waals surface area contributed by atoms with Gasteiger partial charge in [-0.15, -0.1) is 0 Å². The second-order valence-corrected chi connectivity index (χ2v) is 4.29. The van der Waals surface area contributed by atoms with Crippen LogP contribution in [0.15, 0.2) is 4.52 Å². The van der Waals surface area contributed by atoms with Crippen molar-refractivity contribution in [1.29, 1.82) is 0 Å². The van der Waals surface area contributed by atoms with E-state index in [1.54, 1.807) is 0 Å². The Kier molecular flexibility index (Phi) is 2.61. The average Bonchev–Trinajstić information content (AvgIpc) is 2.97. The van der Waals surface area contributed by atoms with Gasteiger partial charge in [-0.1, -0.05) is 5.16 Å². The Morgan fingerprint density at radius 2 is 2.38 bits per heavy atom. The smallest absolute Gasteiger partial charge is 0.243 e. The molecule has 2 saturated heterocycles. The van der Waals surface area contributed by atoms with Crippen LogP contribution in [0.4, 0.5) is 4.39 Å². The van der Waals surface area contributed by atoms with E-state index in [1.807, 2.05) is 0 Å². The van der Waals surface area contributed by atoms with E-state index in [-0.39, 0.29) is 12.1 Å². The van der Waals surface area contributed by atoms with Crippen LogP contribution in [0.1, 0.15) is 43.1 Å². The average molecular weight is 227 g/mol. The molecule has 2 fully saturated rings. The van der Waals surface area contributed by atoms with E-state index in [4.69, 9.17) is 9.26 Å². The number of ether oxygens (including phenoxy) is 1. The van der Waals surface area contributed by atoms with Gasteiger partial charge < -0.3 is 14.6 Å². The summed E-state index contributed by atoms with van der Waals surface area (Å²) in [5.41, 5.74) is 0. The van der Waals surface area contributed by atoms with Crippen LogP contribution in [0.2, 0.25) is 0 Å². The quantitative estimate of drug-likeness (QED) is 0.825. The van der Waals surface area contributed by atoms with E-state index in [0.717, 1.165) is 19.4 Å². The first-order chi connectivity index (χ1) is 7.83. The summed E-state index contributed by atoms with van der Waals surface area (Å²) < 4.78 is 23.6. The number of aromatic nitrogens is 2. The number of hydrogen-bond acceptors (Lipinski definition) is 5. The third-order valence-electron chi connectivity index (χ3n) is 3.05. The molecule has 3 atom stereocenters. The van der Waals surface area contributed by atoms with Gasteiger partial charge in [0.15, 0.2) is 0 Å². The Morgan fingerprint density at radius 1 is 1.44 bits per heavy atom. The molecule has 0 radical (unpaired) electrons. The fraction of sp³-hybridized carbons (Fsp3) is 0.800. The second-order valence-electron chi connectivity index (χ2n) is 4.29. The van der Waals surface area contributed by atoms with E-state index in [2.05, 4.69) is 15.5 Å². The fourth-order valence-corrected chi connectivity index (χ4v) is 2.18. The highest BCUT2D eigenvalue weighted by Crippen LogP contribution is 2.29. The molecule has 0 aliphatic carbocycles. The van der Waals surface area contributed by atoms with Gasteiger partial charge in [0.1, 0.15) is 12.3 Å². The van der Waals surface area contributed by atoms with Crippen molar-refractivity contribution in [3.05, 3.63) is 11.7 Å². The zero-order valence-electron chi connectivity index (χ0n) is 8.86. The summed E-state index contributed by atoms with van der Waals surface area (Å²) in [5, 5.41) is 6.91. The number of hydrogen-bond donors (Lipinski definition) is 1. The van der Waals surface area contributed by atoms with Crippen molar-refractivity contribution < 1.29 is 13.7 Å². The number of rotatable bonds is 2. The molecule has 16 heavy (non-hydrogen) atoms.